The predicted octanol–water partition coefficient (Wildman–Crippen LogP) is 2.25. The monoisotopic (exact) mass is 309 g/mol. The molecule has 0 unspecified atom stereocenters. The highest BCUT2D eigenvalue weighted by molar-refractivity contribution is 4.79. The maximum atomic E-state index is 6.39. The third-order valence-electron chi connectivity index (χ3n) is 5.82. The summed E-state index contributed by atoms with van der Waals surface area (Å²) in [5, 5.41) is 0. The van der Waals surface area contributed by atoms with E-state index in [-0.39, 0.29) is 0 Å². The standard InChI is InChI=1S/C18H35N3O/c1-19-12-8-18(9-13-19)22-17-6-4-16(5-7-17)14-21-11-3-10-20(2)15-21/h16-18H,3-15H2,1-2H3. The lowest BCUT2D eigenvalue weighted by Gasteiger charge is -2.38. The Morgan fingerprint density at radius 1 is 0.773 bits per heavy atom. The minimum atomic E-state index is 0.536. The van der Waals surface area contributed by atoms with E-state index < -0.39 is 0 Å². The summed E-state index contributed by atoms with van der Waals surface area (Å²) in [6, 6.07) is 0. The van der Waals surface area contributed by atoms with E-state index in [2.05, 4.69) is 28.8 Å². The molecule has 1 saturated carbocycles. The van der Waals surface area contributed by atoms with Crippen LogP contribution in [0, 0.1) is 5.92 Å². The van der Waals surface area contributed by atoms with Gasteiger partial charge in [0.15, 0.2) is 0 Å². The number of rotatable bonds is 4. The van der Waals surface area contributed by atoms with Crippen LogP contribution in [0.5, 0.6) is 0 Å². The molecule has 128 valence electrons. The molecule has 0 N–H and O–H groups in total. The summed E-state index contributed by atoms with van der Waals surface area (Å²) in [4.78, 5) is 7.54. The third kappa shape index (κ3) is 4.92. The molecule has 0 spiro atoms. The molecule has 4 nitrogen and oxygen atoms in total. The Labute approximate surface area is 136 Å². The highest BCUT2D eigenvalue weighted by Crippen LogP contribution is 2.29. The summed E-state index contributed by atoms with van der Waals surface area (Å²) in [6.45, 7) is 7.48. The number of ether oxygens (including phenoxy) is 1. The number of hydrogen-bond donors (Lipinski definition) is 0. The quantitative estimate of drug-likeness (QED) is 0.793. The average Bonchev–Trinajstić information content (AvgIpc) is 2.52. The van der Waals surface area contributed by atoms with Crippen LogP contribution in [0.1, 0.15) is 44.9 Å². The molecule has 0 aromatic carbocycles. The van der Waals surface area contributed by atoms with Crippen molar-refractivity contribution in [3.05, 3.63) is 0 Å². The normalized spacial score (nSPS) is 34.1. The van der Waals surface area contributed by atoms with Crippen molar-refractivity contribution in [3.8, 4) is 0 Å². The molecular weight excluding hydrogens is 274 g/mol. The predicted molar refractivity (Wildman–Crippen MR) is 91.0 cm³/mol. The Balaban J connectivity index is 1.33. The van der Waals surface area contributed by atoms with Crippen molar-refractivity contribution >= 4 is 0 Å². The van der Waals surface area contributed by atoms with Crippen LogP contribution in [0.4, 0.5) is 0 Å². The Morgan fingerprint density at radius 2 is 1.45 bits per heavy atom. The van der Waals surface area contributed by atoms with Gasteiger partial charge in [0.2, 0.25) is 0 Å². The molecule has 0 radical (unpaired) electrons. The summed E-state index contributed by atoms with van der Waals surface area (Å²) in [5.74, 6) is 0.906. The second-order valence-electron chi connectivity index (χ2n) is 7.93. The summed E-state index contributed by atoms with van der Waals surface area (Å²) in [5.41, 5.74) is 0. The lowest BCUT2D eigenvalue weighted by molar-refractivity contribution is -0.0608. The van der Waals surface area contributed by atoms with Crippen molar-refractivity contribution in [2.75, 3.05) is 53.5 Å². The first-order chi connectivity index (χ1) is 10.7. The van der Waals surface area contributed by atoms with E-state index in [0.29, 0.717) is 12.2 Å². The lowest BCUT2D eigenvalue weighted by atomic mass is 9.86. The van der Waals surface area contributed by atoms with E-state index in [1.54, 1.807) is 0 Å². The summed E-state index contributed by atoms with van der Waals surface area (Å²) in [7, 11) is 4.47. The molecule has 1 aliphatic carbocycles. The molecule has 0 atom stereocenters. The molecule has 22 heavy (non-hydrogen) atoms. The first-order valence-corrected chi connectivity index (χ1v) is 9.44. The van der Waals surface area contributed by atoms with Crippen LogP contribution in [0.25, 0.3) is 0 Å². The van der Waals surface area contributed by atoms with Gasteiger partial charge >= 0.3 is 0 Å². The van der Waals surface area contributed by atoms with Crippen LogP contribution in [0.2, 0.25) is 0 Å². The molecule has 2 aliphatic heterocycles. The highest BCUT2D eigenvalue weighted by atomic mass is 16.5. The van der Waals surface area contributed by atoms with Crippen LogP contribution >= 0.6 is 0 Å². The molecule has 2 heterocycles. The van der Waals surface area contributed by atoms with E-state index in [4.69, 9.17) is 4.74 Å². The zero-order valence-corrected chi connectivity index (χ0v) is 14.7. The molecule has 0 bridgehead atoms. The SMILES string of the molecule is CN1CCC(OC2CCC(CN3CCCN(C)C3)CC2)CC1. The van der Waals surface area contributed by atoms with Gasteiger partial charge in [-0.3, -0.25) is 9.80 Å². The molecule has 3 rings (SSSR count). The largest absolute Gasteiger partial charge is 0.375 e. The van der Waals surface area contributed by atoms with Crippen molar-refractivity contribution in [2.45, 2.75) is 57.2 Å². The van der Waals surface area contributed by atoms with Gasteiger partial charge in [0, 0.05) is 32.7 Å². The Kier molecular flexibility index (Phi) is 6.14. The van der Waals surface area contributed by atoms with Gasteiger partial charge in [-0.1, -0.05) is 0 Å². The molecule has 3 fully saturated rings. The maximum absolute atomic E-state index is 6.39. The van der Waals surface area contributed by atoms with Gasteiger partial charge in [-0.2, -0.15) is 0 Å². The number of likely N-dealkylation sites (tertiary alicyclic amines) is 1. The van der Waals surface area contributed by atoms with Crippen LogP contribution in [-0.4, -0.2) is 80.4 Å². The minimum absolute atomic E-state index is 0.536. The fourth-order valence-corrected chi connectivity index (χ4v) is 4.40. The van der Waals surface area contributed by atoms with Gasteiger partial charge in [0.05, 0.1) is 18.9 Å². The first-order valence-electron chi connectivity index (χ1n) is 9.44. The van der Waals surface area contributed by atoms with Crippen LogP contribution < -0.4 is 0 Å². The van der Waals surface area contributed by atoms with E-state index in [1.165, 1.54) is 84.3 Å². The van der Waals surface area contributed by atoms with Gasteiger partial charge in [0.25, 0.3) is 0 Å². The average molecular weight is 309 g/mol. The zero-order chi connectivity index (χ0) is 15.4. The molecule has 0 amide bonds. The van der Waals surface area contributed by atoms with E-state index >= 15 is 0 Å². The fraction of sp³-hybridized carbons (Fsp3) is 1.00. The summed E-state index contributed by atoms with van der Waals surface area (Å²) >= 11 is 0. The van der Waals surface area contributed by atoms with Crippen LogP contribution in [-0.2, 0) is 4.74 Å². The zero-order valence-electron chi connectivity index (χ0n) is 14.7. The smallest absolute Gasteiger partial charge is 0.0603 e. The van der Waals surface area contributed by atoms with Gasteiger partial charge < -0.3 is 9.64 Å². The second-order valence-corrected chi connectivity index (χ2v) is 7.93. The Morgan fingerprint density at radius 3 is 2.14 bits per heavy atom. The van der Waals surface area contributed by atoms with Crippen molar-refractivity contribution in [1.82, 2.24) is 14.7 Å². The Hall–Kier alpha value is -0.160. The topological polar surface area (TPSA) is 19.0 Å². The number of hydrogen-bond acceptors (Lipinski definition) is 4. The number of piperidine rings is 1. The van der Waals surface area contributed by atoms with Crippen molar-refractivity contribution in [3.63, 3.8) is 0 Å². The van der Waals surface area contributed by atoms with E-state index in [0.717, 1.165) is 5.92 Å². The number of nitrogens with zero attached hydrogens (tertiary/aromatic N) is 3. The maximum Gasteiger partial charge on any atom is 0.0603 e. The fourth-order valence-electron chi connectivity index (χ4n) is 4.40. The molecule has 3 aliphatic rings. The lowest BCUT2D eigenvalue weighted by Crippen LogP contribution is -2.45. The molecule has 0 aromatic heterocycles. The van der Waals surface area contributed by atoms with Gasteiger partial charge in [-0.25, -0.2) is 0 Å². The third-order valence-corrected chi connectivity index (χ3v) is 5.82. The van der Waals surface area contributed by atoms with Crippen molar-refractivity contribution in [2.24, 2.45) is 5.92 Å². The second kappa shape index (κ2) is 8.09. The Bertz CT molecular complexity index is 322. The van der Waals surface area contributed by atoms with Gasteiger partial charge in [-0.15, -0.1) is 0 Å². The van der Waals surface area contributed by atoms with Crippen LogP contribution in [0.3, 0.4) is 0 Å². The van der Waals surface area contributed by atoms with Gasteiger partial charge in [-0.05, 0) is 65.0 Å². The summed E-state index contributed by atoms with van der Waals surface area (Å²) in [6.07, 6.45) is 10.2. The van der Waals surface area contributed by atoms with Crippen molar-refractivity contribution < 1.29 is 4.74 Å². The van der Waals surface area contributed by atoms with Crippen LogP contribution in [0.15, 0.2) is 0 Å². The van der Waals surface area contributed by atoms with Gasteiger partial charge in [0.1, 0.15) is 0 Å². The molecular formula is C18H35N3O. The molecule has 2 saturated heterocycles. The van der Waals surface area contributed by atoms with E-state index in [9.17, 15) is 0 Å². The highest BCUT2D eigenvalue weighted by Gasteiger charge is 2.27. The molecule has 4 heteroatoms. The first kappa shape index (κ1) is 16.7. The van der Waals surface area contributed by atoms with E-state index in [1.807, 2.05) is 0 Å². The molecule has 0 aromatic rings. The van der Waals surface area contributed by atoms with Crippen molar-refractivity contribution in [1.29, 1.82) is 0 Å². The summed E-state index contributed by atoms with van der Waals surface area (Å²) < 4.78 is 6.39. The minimum Gasteiger partial charge on any atom is -0.375 e.